The Bertz CT molecular complexity index is 864. The van der Waals surface area contributed by atoms with E-state index in [1.165, 1.54) is 12.7 Å². The number of unbranched alkanes of at least 4 members (excludes halogenated alkanes) is 1. The second kappa shape index (κ2) is 9.45. The van der Waals surface area contributed by atoms with Crippen LogP contribution in [0.1, 0.15) is 31.7 Å². The van der Waals surface area contributed by atoms with Gasteiger partial charge in [-0.1, -0.05) is 25.5 Å². The normalized spacial score (nSPS) is 16.0. The third kappa shape index (κ3) is 4.88. The second-order valence-corrected chi connectivity index (χ2v) is 7.23. The monoisotopic (exact) mass is 396 g/mol. The van der Waals surface area contributed by atoms with Crippen LogP contribution in [0.4, 0.5) is 11.4 Å². The molecule has 2 amide bonds. The highest BCUT2D eigenvalue weighted by Crippen LogP contribution is 2.31. The Labute approximate surface area is 171 Å². The number of hydrogen-bond donors (Lipinski definition) is 1. The SMILES string of the molecule is CCCCc1ccc(N2CC(C(=O)Nc3ccc(OC)cc3OC)CC2=O)cc1. The molecule has 0 bridgehead atoms. The van der Waals surface area contributed by atoms with E-state index >= 15 is 0 Å². The number of rotatable bonds is 8. The van der Waals surface area contributed by atoms with E-state index in [0.29, 0.717) is 23.7 Å². The van der Waals surface area contributed by atoms with Gasteiger partial charge in [0.15, 0.2) is 0 Å². The Balaban J connectivity index is 1.66. The van der Waals surface area contributed by atoms with Crippen molar-refractivity contribution in [3.8, 4) is 11.5 Å². The first-order valence-electron chi connectivity index (χ1n) is 9.98. The standard InChI is InChI=1S/C23H28N2O4/c1-4-5-6-16-7-9-18(10-8-16)25-15-17(13-22(25)26)23(27)24-20-12-11-19(28-2)14-21(20)29-3/h7-12,14,17H,4-6,13,15H2,1-3H3,(H,24,27). The van der Waals surface area contributed by atoms with Gasteiger partial charge < -0.3 is 19.7 Å². The number of methoxy groups -OCH3 is 2. The molecule has 6 nitrogen and oxygen atoms in total. The van der Waals surface area contributed by atoms with Crippen molar-refractivity contribution in [1.29, 1.82) is 0 Å². The maximum atomic E-state index is 12.8. The quantitative estimate of drug-likeness (QED) is 0.731. The molecule has 0 aromatic heterocycles. The first-order valence-corrected chi connectivity index (χ1v) is 9.98. The lowest BCUT2D eigenvalue weighted by Crippen LogP contribution is -2.28. The van der Waals surface area contributed by atoms with Crippen LogP contribution in [-0.4, -0.2) is 32.6 Å². The van der Waals surface area contributed by atoms with Gasteiger partial charge in [-0.2, -0.15) is 0 Å². The number of ether oxygens (including phenoxy) is 2. The van der Waals surface area contributed by atoms with Gasteiger partial charge in [0.2, 0.25) is 11.8 Å². The fraction of sp³-hybridized carbons (Fsp3) is 0.391. The number of hydrogen-bond acceptors (Lipinski definition) is 4. The van der Waals surface area contributed by atoms with E-state index in [4.69, 9.17) is 9.47 Å². The van der Waals surface area contributed by atoms with Gasteiger partial charge in [0.1, 0.15) is 11.5 Å². The molecule has 1 aliphatic heterocycles. The van der Waals surface area contributed by atoms with Crippen LogP contribution in [0.2, 0.25) is 0 Å². The summed E-state index contributed by atoms with van der Waals surface area (Å²) in [6.45, 7) is 2.54. The van der Waals surface area contributed by atoms with Crippen molar-refractivity contribution in [2.24, 2.45) is 5.92 Å². The number of amides is 2. The molecule has 1 unspecified atom stereocenters. The third-order valence-electron chi connectivity index (χ3n) is 5.23. The molecule has 6 heteroatoms. The molecule has 0 spiro atoms. The fourth-order valence-electron chi connectivity index (χ4n) is 3.49. The van der Waals surface area contributed by atoms with Crippen LogP contribution in [0.15, 0.2) is 42.5 Å². The van der Waals surface area contributed by atoms with Gasteiger partial charge in [-0.05, 0) is 42.7 Å². The van der Waals surface area contributed by atoms with Crippen molar-refractivity contribution in [2.45, 2.75) is 32.6 Å². The summed E-state index contributed by atoms with van der Waals surface area (Å²) in [6.07, 6.45) is 3.54. The summed E-state index contributed by atoms with van der Waals surface area (Å²) >= 11 is 0. The smallest absolute Gasteiger partial charge is 0.229 e. The third-order valence-corrected chi connectivity index (χ3v) is 5.23. The van der Waals surface area contributed by atoms with Crippen molar-refractivity contribution < 1.29 is 19.1 Å². The fourth-order valence-corrected chi connectivity index (χ4v) is 3.49. The molecule has 3 rings (SSSR count). The lowest BCUT2D eigenvalue weighted by Gasteiger charge is -2.18. The molecule has 0 aliphatic carbocycles. The number of nitrogens with one attached hydrogen (secondary N) is 1. The van der Waals surface area contributed by atoms with Crippen LogP contribution in [-0.2, 0) is 16.0 Å². The number of carbonyl (C=O) groups is 2. The van der Waals surface area contributed by atoms with Crippen LogP contribution in [0.3, 0.4) is 0 Å². The van der Waals surface area contributed by atoms with Crippen molar-refractivity contribution in [3.05, 3.63) is 48.0 Å². The molecule has 2 aromatic carbocycles. The highest BCUT2D eigenvalue weighted by atomic mass is 16.5. The van der Waals surface area contributed by atoms with Gasteiger partial charge in [0, 0.05) is 24.7 Å². The Kier molecular flexibility index (Phi) is 6.75. The zero-order chi connectivity index (χ0) is 20.8. The topological polar surface area (TPSA) is 67.9 Å². The Morgan fingerprint density at radius 1 is 1.14 bits per heavy atom. The Morgan fingerprint density at radius 2 is 1.90 bits per heavy atom. The summed E-state index contributed by atoms with van der Waals surface area (Å²) < 4.78 is 10.5. The van der Waals surface area contributed by atoms with Crippen LogP contribution in [0, 0.1) is 5.92 Å². The molecule has 0 saturated carbocycles. The molecule has 1 N–H and O–H groups in total. The van der Waals surface area contributed by atoms with E-state index < -0.39 is 5.92 Å². The highest BCUT2D eigenvalue weighted by Gasteiger charge is 2.35. The van der Waals surface area contributed by atoms with Crippen LogP contribution >= 0.6 is 0 Å². The molecule has 1 atom stereocenters. The van der Waals surface area contributed by atoms with E-state index in [0.717, 1.165) is 24.9 Å². The van der Waals surface area contributed by atoms with E-state index in [2.05, 4.69) is 24.4 Å². The average Bonchev–Trinajstić information content (AvgIpc) is 3.14. The van der Waals surface area contributed by atoms with Gasteiger partial charge in [-0.25, -0.2) is 0 Å². The Hall–Kier alpha value is -3.02. The first kappa shape index (κ1) is 20.7. The van der Waals surface area contributed by atoms with Crippen molar-refractivity contribution in [1.82, 2.24) is 0 Å². The number of benzene rings is 2. The average molecular weight is 396 g/mol. The minimum atomic E-state index is -0.408. The zero-order valence-electron chi connectivity index (χ0n) is 17.2. The maximum Gasteiger partial charge on any atom is 0.229 e. The Morgan fingerprint density at radius 3 is 2.55 bits per heavy atom. The van der Waals surface area contributed by atoms with Crippen LogP contribution in [0.5, 0.6) is 11.5 Å². The highest BCUT2D eigenvalue weighted by molar-refractivity contribution is 6.04. The summed E-state index contributed by atoms with van der Waals surface area (Å²) in [5.74, 6) is 0.525. The predicted octanol–water partition coefficient (Wildman–Crippen LogP) is 4.04. The lowest BCUT2D eigenvalue weighted by molar-refractivity contribution is -0.122. The van der Waals surface area contributed by atoms with Gasteiger partial charge in [-0.15, -0.1) is 0 Å². The summed E-state index contributed by atoms with van der Waals surface area (Å²) in [4.78, 5) is 27.0. The first-order chi connectivity index (χ1) is 14.0. The zero-order valence-corrected chi connectivity index (χ0v) is 17.2. The van der Waals surface area contributed by atoms with Gasteiger partial charge >= 0.3 is 0 Å². The summed E-state index contributed by atoms with van der Waals surface area (Å²) in [5.41, 5.74) is 2.67. The molecule has 1 saturated heterocycles. The molecule has 0 radical (unpaired) electrons. The van der Waals surface area contributed by atoms with Gasteiger partial charge in [0.05, 0.1) is 25.8 Å². The molecular formula is C23H28N2O4. The molecular weight excluding hydrogens is 368 g/mol. The minimum absolute atomic E-state index is 0.0341. The van der Waals surface area contributed by atoms with Crippen molar-refractivity contribution in [3.63, 3.8) is 0 Å². The van der Waals surface area contributed by atoms with Crippen LogP contribution in [0.25, 0.3) is 0 Å². The summed E-state index contributed by atoms with van der Waals surface area (Å²) in [5, 5.41) is 2.88. The van der Waals surface area contributed by atoms with Crippen LogP contribution < -0.4 is 19.7 Å². The number of carbonyl (C=O) groups excluding carboxylic acids is 2. The van der Waals surface area contributed by atoms with Crippen molar-refractivity contribution in [2.75, 3.05) is 31.0 Å². The van der Waals surface area contributed by atoms with Crippen molar-refractivity contribution >= 4 is 23.2 Å². The minimum Gasteiger partial charge on any atom is -0.497 e. The largest absolute Gasteiger partial charge is 0.497 e. The maximum absolute atomic E-state index is 12.8. The number of nitrogens with zero attached hydrogens (tertiary/aromatic N) is 1. The molecule has 1 fully saturated rings. The molecule has 2 aromatic rings. The second-order valence-electron chi connectivity index (χ2n) is 7.23. The lowest BCUT2D eigenvalue weighted by atomic mass is 10.1. The van der Waals surface area contributed by atoms with E-state index in [1.807, 2.05) is 12.1 Å². The summed E-state index contributed by atoms with van der Waals surface area (Å²) in [6, 6.07) is 13.3. The van der Waals surface area contributed by atoms with E-state index in [1.54, 1.807) is 30.2 Å². The van der Waals surface area contributed by atoms with Gasteiger partial charge in [-0.3, -0.25) is 9.59 Å². The molecule has 29 heavy (non-hydrogen) atoms. The molecule has 1 aliphatic rings. The molecule has 1 heterocycles. The van der Waals surface area contributed by atoms with E-state index in [-0.39, 0.29) is 18.2 Å². The number of anilines is 2. The summed E-state index contributed by atoms with van der Waals surface area (Å²) in [7, 11) is 3.11. The van der Waals surface area contributed by atoms with Gasteiger partial charge in [0.25, 0.3) is 0 Å². The van der Waals surface area contributed by atoms with E-state index in [9.17, 15) is 9.59 Å². The number of aryl methyl sites for hydroxylation is 1. The predicted molar refractivity (Wildman–Crippen MR) is 114 cm³/mol. The molecule has 154 valence electrons.